The average molecular weight is 470 g/mol. The highest BCUT2D eigenvalue weighted by Crippen LogP contribution is 2.43. The summed E-state index contributed by atoms with van der Waals surface area (Å²) in [6, 6.07) is 28.5. The number of aromatic nitrogens is 2. The van der Waals surface area contributed by atoms with Gasteiger partial charge < -0.3 is 18.9 Å². The van der Waals surface area contributed by atoms with Crippen LogP contribution in [0.5, 0.6) is 23.0 Å². The lowest BCUT2D eigenvalue weighted by atomic mass is 9.97. The number of rotatable bonds is 2. The summed E-state index contributed by atoms with van der Waals surface area (Å²) in [5.74, 6) is 2.87. The van der Waals surface area contributed by atoms with Crippen LogP contribution in [-0.2, 0) is 0 Å². The Hall–Kier alpha value is -4.84. The minimum atomic E-state index is 0.216. The van der Waals surface area contributed by atoms with Crippen LogP contribution in [-0.4, -0.2) is 23.6 Å². The fourth-order valence-corrected chi connectivity index (χ4v) is 5.15. The van der Waals surface area contributed by atoms with Crippen molar-refractivity contribution in [3.63, 3.8) is 0 Å². The molecule has 36 heavy (non-hydrogen) atoms. The van der Waals surface area contributed by atoms with Gasteiger partial charge in [-0.15, -0.1) is 0 Å². The van der Waals surface area contributed by atoms with Gasteiger partial charge in [-0.3, -0.25) is 0 Å². The van der Waals surface area contributed by atoms with E-state index in [1.165, 1.54) is 0 Å². The Bertz CT molecular complexity index is 1730. The molecule has 0 saturated heterocycles. The molecule has 0 spiro atoms. The summed E-state index contributed by atoms with van der Waals surface area (Å²) >= 11 is 0. The van der Waals surface area contributed by atoms with Crippen molar-refractivity contribution >= 4 is 32.6 Å². The Kier molecular flexibility index (Phi) is 3.96. The van der Waals surface area contributed by atoms with Crippen molar-refractivity contribution in [3.8, 4) is 45.5 Å². The molecular weight excluding hydrogens is 452 g/mol. The zero-order valence-electron chi connectivity index (χ0n) is 19.0. The van der Waals surface area contributed by atoms with Crippen molar-refractivity contribution in [1.82, 2.24) is 9.97 Å². The quantitative estimate of drug-likeness (QED) is 0.262. The first-order valence-corrected chi connectivity index (χ1v) is 11.7. The molecule has 0 saturated carbocycles. The topological polar surface area (TPSA) is 62.7 Å². The molecule has 6 aromatic rings. The molecule has 2 aliphatic heterocycles. The van der Waals surface area contributed by atoms with Crippen LogP contribution in [0.4, 0.5) is 0 Å². The van der Waals surface area contributed by atoms with Crippen LogP contribution in [0, 0.1) is 0 Å². The van der Waals surface area contributed by atoms with E-state index in [9.17, 15) is 0 Å². The molecule has 1 aromatic heterocycles. The average Bonchev–Trinajstić information content (AvgIpc) is 3.61. The van der Waals surface area contributed by atoms with E-state index < -0.39 is 0 Å². The van der Waals surface area contributed by atoms with Crippen LogP contribution >= 0.6 is 0 Å². The second-order valence-corrected chi connectivity index (χ2v) is 8.85. The first-order valence-electron chi connectivity index (χ1n) is 11.7. The predicted octanol–water partition coefficient (Wildman–Crippen LogP) is 6.73. The first kappa shape index (κ1) is 19.5. The number of benzene rings is 5. The molecule has 172 valence electrons. The van der Waals surface area contributed by atoms with Crippen molar-refractivity contribution in [2.45, 2.75) is 0 Å². The Balaban J connectivity index is 1.50. The predicted molar refractivity (Wildman–Crippen MR) is 138 cm³/mol. The van der Waals surface area contributed by atoms with Gasteiger partial charge in [-0.05, 0) is 47.2 Å². The van der Waals surface area contributed by atoms with Gasteiger partial charge in [-0.1, -0.05) is 48.5 Å². The molecule has 3 heterocycles. The summed E-state index contributed by atoms with van der Waals surface area (Å²) < 4.78 is 22.4. The molecular formula is C30H18N2O4. The number of ether oxygens (including phenoxy) is 4. The van der Waals surface area contributed by atoms with Crippen LogP contribution in [0.15, 0.2) is 84.9 Å². The largest absolute Gasteiger partial charge is 0.454 e. The van der Waals surface area contributed by atoms with Crippen molar-refractivity contribution in [3.05, 3.63) is 84.9 Å². The van der Waals surface area contributed by atoms with Crippen LogP contribution < -0.4 is 18.9 Å². The minimum Gasteiger partial charge on any atom is -0.454 e. The molecule has 0 N–H and O–H groups in total. The van der Waals surface area contributed by atoms with Crippen LogP contribution in [0.25, 0.3) is 55.1 Å². The summed E-state index contributed by atoms with van der Waals surface area (Å²) in [6.07, 6.45) is 0. The molecule has 0 radical (unpaired) electrons. The molecule has 0 amide bonds. The standard InChI is InChI=1S/C30H18N2O4/c1-3-7-21-19(5-1)20-6-2-4-8-22(20)30-29(21)31-27(17-9-11-23-25(13-17)35-15-33-23)28(32-30)18-10-12-24-26(14-18)36-16-34-24/h1-14H,15-16H2. The first-order chi connectivity index (χ1) is 17.8. The highest BCUT2D eigenvalue weighted by molar-refractivity contribution is 6.23. The lowest BCUT2D eigenvalue weighted by Gasteiger charge is -2.15. The Morgan fingerprint density at radius 1 is 0.444 bits per heavy atom. The molecule has 0 unspecified atom stereocenters. The van der Waals surface area contributed by atoms with Gasteiger partial charge in [0.05, 0.1) is 22.4 Å². The van der Waals surface area contributed by atoms with Crippen molar-refractivity contribution < 1.29 is 18.9 Å². The highest BCUT2D eigenvalue weighted by Gasteiger charge is 2.22. The second kappa shape index (κ2) is 7.33. The summed E-state index contributed by atoms with van der Waals surface area (Å²) in [5, 5.41) is 4.44. The second-order valence-electron chi connectivity index (χ2n) is 8.85. The lowest BCUT2D eigenvalue weighted by molar-refractivity contribution is 0.173. The van der Waals surface area contributed by atoms with Crippen molar-refractivity contribution in [2.24, 2.45) is 0 Å². The number of hydrogen-bond acceptors (Lipinski definition) is 6. The maximum atomic E-state index is 5.68. The lowest BCUT2D eigenvalue weighted by Crippen LogP contribution is -1.98. The van der Waals surface area contributed by atoms with Gasteiger partial charge in [0.1, 0.15) is 0 Å². The van der Waals surface area contributed by atoms with E-state index in [1.807, 2.05) is 48.5 Å². The summed E-state index contributed by atoms with van der Waals surface area (Å²) in [5.41, 5.74) is 5.06. The maximum Gasteiger partial charge on any atom is 0.231 e. The minimum absolute atomic E-state index is 0.216. The monoisotopic (exact) mass is 470 g/mol. The third-order valence-corrected chi connectivity index (χ3v) is 6.84. The van der Waals surface area contributed by atoms with Crippen molar-refractivity contribution in [1.29, 1.82) is 0 Å². The van der Waals surface area contributed by atoms with Gasteiger partial charge in [0, 0.05) is 21.9 Å². The van der Waals surface area contributed by atoms with E-state index in [-0.39, 0.29) is 13.6 Å². The van der Waals surface area contributed by atoms with E-state index in [2.05, 4.69) is 36.4 Å². The Labute approximate surface area is 205 Å². The molecule has 0 atom stereocenters. The molecule has 6 heteroatoms. The van der Waals surface area contributed by atoms with Gasteiger partial charge in [0.2, 0.25) is 13.6 Å². The van der Waals surface area contributed by atoms with E-state index >= 15 is 0 Å². The SMILES string of the molecule is c1ccc2c(c1)c1ccccc1c1nc(-c3ccc4c(c3)OCO4)c(-c3ccc4c(c3)OCO4)nc21. The number of nitrogens with zero attached hydrogens (tertiary/aromatic N) is 2. The Morgan fingerprint density at radius 3 is 1.33 bits per heavy atom. The number of fused-ring (bicyclic) bond motifs is 8. The summed E-state index contributed by atoms with van der Waals surface area (Å²) in [4.78, 5) is 10.6. The van der Waals surface area contributed by atoms with Gasteiger partial charge in [-0.2, -0.15) is 0 Å². The highest BCUT2D eigenvalue weighted by atomic mass is 16.7. The molecule has 8 rings (SSSR count). The normalized spacial score (nSPS) is 13.7. The molecule has 2 aliphatic rings. The van der Waals surface area contributed by atoms with Crippen molar-refractivity contribution in [2.75, 3.05) is 13.6 Å². The maximum absolute atomic E-state index is 5.68. The van der Waals surface area contributed by atoms with E-state index in [1.54, 1.807) is 0 Å². The zero-order valence-corrected chi connectivity index (χ0v) is 19.0. The summed E-state index contributed by atoms with van der Waals surface area (Å²) in [7, 11) is 0. The Morgan fingerprint density at radius 2 is 0.861 bits per heavy atom. The molecule has 5 aromatic carbocycles. The summed E-state index contributed by atoms with van der Waals surface area (Å²) in [6.45, 7) is 0.432. The van der Waals surface area contributed by atoms with Gasteiger partial charge >= 0.3 is 0 Å². The van der Waals surface area contributed by atoms with Gasteiger partial charge in [0.15, 0.2) is 23.0 Å². The van der Waals surface area contributed by atoms with Crippen LogP contribution in [0.1, 0.15) is 0 Å². The van der Waals surface area contributed by atoms with Gasteiger partial charge in [-0.25, -0.2) is 9.97 Å². The molecule has 0 bridgehead atoms. The molecule has 0 fully saturated rings. The fraction of sp³-hybridized carbons (Fsp3) is 0.0667. The van der Waals surface area contributed by atoms with E-state index in [4.69, 9.17) is 28.9 Å². The van der Waals surface area contributed by atoms with E-state index in [0.717, 1.165) is 66.6 Å². The van der Waals surface area contributed by atoms with Gasteiger partial charge in [0.25, 0.3) is 0 Å². The molecule has 6 nitrogen and oxygen atoms in total. The van der Waals surface area contributed by atoms with Crippen LogP contribution in [0.3, 0.4) is 0 Å². The zero-order chi connectivity index (χ0) is 23.6. The molecule has 0 aliphatic carbocycles. The van der Waals surface area contributed by atoms with E-state index in [0.29, 0.717) is 11.5 Å². The smallest absolute Gasteiger partial charge is 0.231 e. The fourth-order valence-electron chi connectivity index (χ4n) is 5.15. The number of hydrogen-bond donors (Lipinski definition) is 0. The third-order valence-electron chi connectivity index (χ3n) is 6.84. The van der Waals surface area contributed by atoms with Crippen LogP contribution in [0.2, 0.25) is 0 Å². The third kappa shape index (κ3) is 2.78.